The zero-order chi connectivity index (χ0) is 28.4. The van der Waals surface area contributed by atoms with E-state index in [0.29, 0.717) is 18.3 Å². The summed E-state index contributed by atoms with van der Waals surface area (Å²) in [5.41, 5.74) is 1.93. The Hall–Kier alpha value is -3.93. The predicted octanol–water partition coefficient (Wildman–Crippen LogP) is 1.51. The lowest BCUT2D eigenvalue weighted by Gasteiger charge is -2.22. The molecule has 12 heteroatoms. The molecule has 0 aliphatic carbocycles. The molecule has 0 saturated carbocycles. The van der Waals surface area contributed by atoms with Crippen LogP contribution < -0.4 is 26.0 Å². The van der Waals surface area contributed by atoms with Crippen LogP contribution in [0.5, 0.6) is 5.75 Å². The molecule has 1 fully saturated rings. The van der Waals surface area contributed by atoms with Crippen LogP contribution in [-0.4, -0.2) is 59.5 Å². The van der Waals surface area contributed by atoms with Crippen molar-refractivity contribution >= 4 is 23.7 Å². The molecule has 39 heavy (non-hydrogen) atoms. The quantitative estimate of drug-likeness (QED) is 0.251. The molecule has 2 heterocycles. The highest BCUT2D eigenvalue weighted by atomic mass is 16.5. The molecule has 1 aromatic heterocycles. The highest BCUT2D eigenvalue weighted by molar-refractivity contribution is 5.94. The summed E-state index contributed by atoms with van der Waals surface area (Å²) in [5.74, 6) is -1.69. The zero-order valence-electron chi connectivity index (χ0n) is 22.5. The number of aromatic nitrogens is 1. The molecule has 12 nitrogen and oxygen atoms in total. The van der Waals surface area contributed by atoms with Crippen molar-refractivity contribution in [3.05, 3.63) is 47.2 Å². The van der Waals surface area contributed by atoms with Gasteiger partial charge in [0.25, 0.3) is 0 Å². The van der Waals surface area contributed by atoms with E-state index in [0.717, 1.165) is 30.6 Å². The maximum atomic E-state index is 13.2. The number of hydrogen-bond donors (Lipinski definition) is 5. The fraction of sp³-hybridized carbons (Fsp3) is 0.519. The van der Waals surface area contributed by atoms with Crippen molar-refractivity contribution in [2.75, 3.05) is 19.7 Å². The van der Waals surface area contributed by atoms with Crippen molar-refractivity contribution in [1.29, 1.82) is 0 Å². The Morgan fingerprint density at radius 2 is 2.00 bits per heavy atom. The minimum Gasteiger partial charge on any atom is -0.494 e. The molecule has 1 aromatic carbocycles. The normalized spacial score (nSPS) is 16.5. The summed E-state index contributed by atoms with van der Waals surface area (Å²) in [6.07, 6.45) is 3.94. The number of aliphatic carboxylic acids is 1. The Morgan fingerprint density at radius 3 is 2.64 bits per heavy atom. The van der Waals surface area contributed by atoms with Crippen molar-refractivity contribution in [3.8, 4) is 5.75 Å². The molecule has 0 bridgehead atoms. The molecule has 1 saturated heterocycles. The number of aryl methyl sites for hydroxylation is 2. The molecule has 2 unspecified atom stereocenters. The van der Waals surface area contributed by atoms with Gasteiger partial charge in [-0.15, -0.1) is 0 Å². The van der Waals surface area contributed by atoms with Crippen molar-refractivity contribution in [2.24, 2.45) is 5.92 Å². The van der Waals surface area contributed by atoms with E-state index in [9.17, 15) is 19.2 Å². The lowest BCUT2D eigenvalue weighted by Crippen LogP contribution is -2.50. The van der Waals surface area contributed by atoms with Crippen molar-refractivity contribution in [3.63, 3.8) is 0 Å². The van der Waals surface area contributed by atoms with Gasteiger partial charge in [-0.1, -0.05) is 6.07 Å². The van der Waals surface area contributed by atoms with Crippen LogP contribution in [0.15, 0.2) is 28.9 Å². The molecule has 1 aliphatic heterocycles. The molecule has 1 aliphatic rings. The number of oxazole rings is 1. The van der Waals surface area contributed by atoms with Gasteiger partial charge >= 0.3 is 5.97 Å². The van der Waals surface area contributed by atoms with Gasteiger partial charge in [-0.05, 0) is 68.5 Å². The number of benzene rings is 1. The molecular formula is C27H37N5O7. The molecule has 3 amide bonds. The number of nitrogens with one attached hydrogen (secondary N) is 4. The maximum Gasteiger partial charge on any atom is 0.305 e. The van der Waals surface area contributed by atoms with Crippen LogP contribution in [0, 0.1) is 19.8 Å². The number of carboxylic acids is 1. The van der Waals surface area contributed by atoms with E-state index >= 15 is 0 Å². The Labute approximate surface area is 227 Å². The number of hydrogen-bond acceptors (Lipinski definition) is 8. The number of piperidine rings is 1. The van der Waals surface area contributed by atoms with Crippen LogP contribution in [0.4, 0.5) is 0 Å². The third-order valence-corrected chi connectivity index (χ3v) is 6.52. The minimum absolute atomic E-state index is 0.140. The molecule has 0 spiro atoms. The molecule has 0 radical (unpaired) electrons. The zero-order valence-corrected chi connectivity index (χ0v) is 22.5. The predicted molar refractivity (Wildman–Crippen MR) is 141 cm³/mol. The topological polar surface area (TPSA) is 172 Å². The lowest BCUT2D eigenvalue weighted by molar-refractivity contribution is -0.140. The Kier molecular flexibility index (Phi) is 10.9. The standard InChI is InChI=1S/C27H37N5O7/c1-16-6-7-21(38-10-8-19-5-4-9-28-13-19)11-20(16)14-29-27(37)25(23-15-39-18(3)31-23)32-26(36)22(12-24(34)35)30-17(2)33/h6-7,11,15,19,22,25,28H,4-5,8-10,12-14H2,1-3H3,(H,29,37)(H,30,33)(H,32,36)(H,34,35)/t19?,22-,25?/m0/s1. The number of nitrogens with zero attached hydrogens (tertiary/aromatic N) is 1. The number of amides is 3. The summed E-state index contributed by atoms with van der Waals surface area (Å²) in [7, 11) is 0. The van der Waals surface area contributed by atoms with E-state index in [2.05, 4.69) is 26.3 Å². The van der Waals surface area contributed by atoms with E-state index in [4.69, 9.17) is 14.3 Å². The first-order valence-corrected chi connectivity index (χ1v) is 13.0. The van der Waals surface area contributed by atoms with Crippen molar-refractivity contribution in [2.45, 2.75) is 65.1 Å². The van der Waals surface area contributed by atoms with Gasteiger partial charge in [0.2, 0.25) is 17.7 Å². The molecule has 5 N–H and O–H groups in total. The highest BCUT2D eigenvalue weighted by Crippen LogP contribution is 2.20. The number of ether oxygens (including phenoxy) is 1. The number of carboxylic acid groups (broad SMARTS) is 1. The van der Waals surface area contributed by atoms with Crippen LogP contribution in [-0.2, 0) is 25.7 Å². The summed E-state index contributed by atoms with van der Waals surface area (Å²) < 4.78 is 11.2. The van der Waals surface area contributed by atoms with Crippen LogP contribution in [0.3, 0.4) is 0 Å². The van der Waals surface area contributed by atoms with Gasteiger partial charge < -0.3 is 35.5 Å². The summed E-state index contributed by atoms with van der Waals surface area (Å²) in [4.78, 5) is 52.9. The summed E-state index contributed by atoms with van der Waals surface area (Å²) >= 11 is 0. The van der Waals surface area contributed by atoms with Gasteiger partial charge in [-0.2, -0.15) is 0 Å². The van der Waals surface area contributed by atoms with Gasteiger partial charge in [0.1, 0.15) is 23.7 Å². The smallest absolute Gasteiger partial charge is 0.305 e. The second-order valence-corrected chi connectivity index (χ2v) is 9.74. The van der Waals surface area contributed by atoms with Crippen LogP contribution >= 0.6 is 0 Å². The first-order valence-electron chi connectivity index (χ1n) is 13.0. The fourth-order valence-electron chi connectivity index (χ4n) is 4.38. The minimum atomic E-state index is -1.37. The molecule has 3 rings (SSSR count). The largest absolute Gasteiger partial charge is 0.494 e. The number of carbonyl (C=O) groups is 4. The van der Waals surface area contributed by atoms with Gasteiger partial charge in [0, 0.05) is 20.4 Å². The van der Waals surface area contributed by atoms with Gasteiger partial charge in [0.15, 0.2) is 11.9 Å². The molecule has 2 aromatic rings. The fourth-order valence-corrected chi connectivity index (χ4v) is 4.38. The molecule has 3 atom stereocenters. The van der Waals surface area contributed by atoms with E-state index in [1.54, 1.807) is 6.92 Å². The van der Waals surface area contributed by atoms with Crippen LogP contribution in [0.2, 0.25) is 0 Å². The van der Waals surface area contributed by atoms with E-state index in [1.165, 1.54) is 26.0 Å². The molecule has 212 valence electrons. The summed E-state index contributed by atoms with van der Waals surface area (Å²) in [6, 6.07) is 3.05. The van der Waals surface area contributed by atoms with E-state index in [1.807, 2.05) is 25.1 Å². The van der Waals surface area contributed by atoms with E-state index < -0.39 is 42.2 Å². The Bertz CT molecular complexity index is 1140. The second-order valence-electron chi connectivity index (χ2n) is 9.74. The van der Waals surface area contributed by atoms with Gasteiger partial charge in [0.05, 0.1) is 13.0 Å². The van der Waals surface area contributed by atoms with Crippen LogP contribution in [0.1, 0.15) is 61.4 Å². The van der Waals surface area contributed by atoms with Gasteiger partial charge in [-0.3, -0.25) is 19.2 Å². The second kappa shape index (κ2) is 14.3. The van der Waals surface area contributed by atoms with Crippen molar-refractivity contribution < 1.29 is 33.4 Å². The SMILES string of the molecule is CC(=O)N[C@@H](CC(=O)O)C(=O)NC(C(=O)NCc1cc(OCCC2CCCNC2)ccc1C)c1coc(C)n1. The van der Waals surface area contributed by atoms with E-state index in [-0.39, 0.29) is 18.1 Å². The average Bonchev–Trinajstić information content (AvgIpc) is 3.32. The average molecular weight is 544 g/mol. The lowest BCUT2D eigenvalue weighted by atomic mass is 9.97. The molecular weight excluding hydrogens is 506 g/mol. The Morgan fingerprint density at radius 1 is 1.21 bits per heavy atom. The third-order valence-electron chi connectivity index (χ3n) is 6.52. The monoisotopic (exact) mass is 543 g/mol. The third kappa shape index (κ3) is 9.40. The summed E-state index contributed by atoms with van der Waals surface area (Å²) in [6.45, 7) is 7.52. The highest BCUT2D eigenvalue weighted by Gasteiger charge is 2.30. The first kappa shape index (κ1) is 29.6. The van der Waals surface area contributed by atoms with Crippen LogP contribution in [0.25, 0.3) is 0 Å². The van der Waals surface area contributed by atoms with Crippen molar-refractivity contribution in [1.82, 2.24) is 26.3 Å². The summed E-state index contributed by atoms with van der Waals surface area (Å²) in [5, 5.41) is 20.1. The Balaban J connectivity index is 1.65. The number of rotatable bonds is 13. The van der Waals surface area contributed by atoms with Gasteiger partial charge in [-0.25, -0.2) is 4.98 Å². The number of carbonyl (C=O) groups excluding carboxylic acids is 3. The maximum absolute atomic E-state index is 13.2. The first-order chi connectivity index (χ1) is 18.6.